The average molecular weight is 266 g/mol. The van der Waals surface area contributed by atoms with Crippen LogP contribution in [0.15, 0.2) is 23.1 Å². The molecule has 1 heterocycles. The van der Waals surface area contributed by atoms with Gasteiger partial charge in [-0.05, 0) is 31.4 Å². The SMILES string of the molecule is CCSc1cccc(OC2CCN(C)C2)c1CN. The summed E-state index contributed by atoms with van der Waals surface area (Å²) in [5.74, 6) is 2.03. The molecule has 0 bridgehead atoms. The van der Waals surface area contributed by atoms with E-state index in [1.54, 1.807) is 0 Å². The zero-order valence-electron chi connectivity index (χ0n) is 11.2. The molecule has 0 aliphatic carbocycles. The van der Waals surface area contributed by atoms with Crippen molar-refractivity contribution < 1.29 is 4.74 Å². The van der Waals surface area contributed by atoms with Crippen LogP contribution < -0.4 is 10.5 Å². The smallest absolute Gasteiger partial charge is 0.125 e. The van der Waals surface area contributed by atoms with E-state index in [2.05, 4.69) is 31.0 Å². The van der Waals surface area contributed by atoms with E-state index >= 15 is 0 Å². The van der Waals surface area contributed by atoms with Crippen LogP contribution in [0.3, 0.4) is 0 Å². The van der Waals surface area contributed by atoms with Crippen LogP contribution in [0.5, 0.6) is 5.75 Å². The van der Waals surface area contributed by atoms with Gasteiger partial charge in [-0.15, -0.1) is 11.8 Å². The summed E-state index contributed by atoms with van der Waals surface area (Å²) in [6.45, 7) is 4.83. The molecule has 2 N–H and O–H groups in total. The van der Waals surface area contributed by atoms with Gasteiger partial charge in [-0.3, -0.25) is 0 Å². The molecule has 4 heteroatoms. The van der Waals surface area contributed by atoms with Crippen molar-refractivity contribution >= 4 is 11.8 Å². The maximum atomic E-state index is 6.12. The number of hydrogen-bond donors (Lipinski definition) is 1. The van der Waals surface area contributed by atoms with Crippen LogP contribution in [0, 0.1) is 0 Å². The summed E-state index contributed by atoms with van der Waals surface area (Å²) < 4.78 is 6.12. The molecule has 1 fully saturated rings. The van der Waals surface area contributed by atoms with E-state index in [9.17, 15) is 0 Å². The lowest BCUT2D eigenvalue weighted by Gasteiger charge is -2.18. The second kappa shape index (κ2) is 6.45. The predicted molar refractivity (Wildman–Crippen MR) is 77.3 cm³/mol. The number of thioether (sulfide) groups is 1. The highest BCUT2D eigenvalue weighted by Crippen LogP contribution is 2.31. The normalized spacial score (nSPS) is 20.3. The standard InChI is InChI=1S/C14H22N2OS/c1-3-18-14-6-4-5-13(12(14)9-15)17-11-7-8-16(2)10-11/h4-6,11H,3,7-10,15H2,1-2H3. The number of ether oxygens (including phenoxy) is 1. The Hall–Kier alpha value is -0.710. The minimum absolute atomic E-state index is 0.308. The molecule has 1 aromatic carbocycles. The molecule has 18 heavy (non-hydrogen) atoms. The highest BCUT2D eigenvalue weighted by Gasteiger charge is 2.22. The number of nitrogens with zero attached hydrogens (tertiary/aromatic N) is 1. The van der Waals surface area contributed by atoms with Crippen molar-refractivity contribution in [2.24, 2.45) is 5.73 Å². The molecule has 0 spiro atoms. The van der Waals surface area contributed by atoms with Gasteiger partial charge in [0.05, 0.1) is 0 Å². The molecule has 0 radical (unpaired) electrons. The molecule has 1 atom stereocenters. The van der Waals surface area contributed by atoms with Gasteiger partial charge in [-0.1, -0.05) is 13.0 Å². The summed E-state index contributed by atoms with van der Waals surface area (Å²) in [6, 6.07) is 6.23. The minimum Gasteiger partial charge on any atom is -0.489 e. The molecular formula is C14H22N2OS. The fraction of sp³-hybridized carbons (Fsp3) is 0.571. The van der Waals surface area contributed by atoms with Crippen molar-refractivity contribution in [3.63, 3.8) is 0 Å². The fourth-order valence-electron chi connectivity index (χ4n) is 2.32. The third-order valence-corrected chi connectivity index (χ3v) is 4.22. The Balaban J connectivity index is 2.13. The molecule has 1 aliphatic rings. The largest absolute Gasteiger partial charge is 0.489 e. The fourth-order valence-corrected chi connectivity index (χ4v) is 3.16. The molecule has 2 rings (SSSR count). The van der Waals surface area contributed by atoms with Crippen LogP contribution in [0.4, 0.5) is 0 Å². The highest BCUT2D eigenvalue weighted by molar-refractivity contribution is 7.99. The Morgan fingerprint density at radius 2 is 2.33 bits per heavy atom. The van der Waals surface area contributed by atoms with Gasteiger partial charge in [-0.2, -0.15) is 0 Å². The number of benzene rings is 1. The van der Waals surface area contributed by atoms with Gasteiger partial charge in [0.25, 0.3) is 0 Å². The van der Waals surface area contributed by atoms with Crippen molar-refractivity contribution in [1.29, 1.82) is 0 Å². The highest BCUT2D eigenvalue weighted by atomic mass is 32.2. The van der Waals surface area contributed by atoms with Crippen LogP contribution in [0.25, 0.3) is 0 Å². The third kappa shape index (κ3) is 3.19. The predicted octanol–water partition coefficient (Wildman–Crippen LogP) is 2.34. The second-order valence-electron chi connectivity index (χ2n) is 4.66. The van der Waals surface area contributed by atoms with Crippen LogP contribution in [-0.2, 0) is 6.54 Å². The summed E-state index contributed by atoms with van der Waals surface area (Å²) in [4.78, 5) is 3.56. The third-order valence-electron chi connectivity index (χ3n) is 3.24. The van der Waals surface area contributed by atoms with Gasteiger partial charge < -0.3 is 15.4 Å². The molecule has 100 valence electrons. The maximum absolute atomic E-state index is 6.12. The van der Waals surface area contributed by atoms with E-state index in [1.165, 1.54) is 4.90 Å². The summed E-state index contributed by atoms with van der Waals surface area (Å²) >= 11 is 1.83. The lowest BCUT2D eigenvalue weighted by Crippen LogP contribution is -2.22. The van der Waals surface area contributed by atoms with E-state index < -0.39 is 0 Å². The molecule has 0 saturated carbocycles. The Labute approximate surface area is 114 Å². The number of hydrogen-bond acceptors (Lipinski definition) is 4. The zero-order chi connectivity index (χ0) is 13.0. The van der Waals surface area contributed by atoms with Gasteiger partial charge in [0.15, 0.2) is 0 Å². The molecule has 1 aliphatic heterocycles. The number of likely N-dealkylation sites (tertiary alicyclic amines) is 1. The minimum atomic E-state index is 0.308. The van der Waals surface area contributed by atoms with Crippen molar-refractivity contribution in [3.05, 3.63) is 23.8 Å². The number of nitrogens with two attached hydrogens (primary N) is 1. The van der Waals surface area contributed by atoms with Crippen LogP contribution in [0.1, 0.15) is 18.9 Å². The van der Waals surface area contributed by atoms with Gasteiger partial charge in [0, 0.05) is 30.1 Å². The van der Waals surface area contributed by atoms with Crippen LogP contribution in [0.2, 0.25) is 0 Å². The van der Waals surface area contributed by atoms with Crippen LogP contribution >= 0.6 is 11.8 Å². The van der Waals surface area contributed by atoms with Crippen LogP contribution in [-0.4, -0.2) is 36.9 Å². The topological polar surface area (TPSA) is 38.5 Å². The summed E-state index contributed by atoms with van der Waals surface area (Å²) in [7, 11) is 2.14. The Morgan fingerprint density at radius 1 is 1.50 bits per heavy atom. The van der Waals surface area contributed by atoms with Gasteiger partial charge >= 0.3 is 0 Å². The molecular weight excluding hydrogens is 244 g/mol. The number of rotatable bonds is 5. The van der Waals surface area contributed by atoms with E-state index in [4.69, 9.17) is 10.5 Å². The lowest BCUT2D eigenvalue weighted by molar-refractivity contribution is 0.205. The molecule has 3 nitrogen and oxygen atoms in total. The maximum Gasteiger partial charge on any atom is 0.125 e. The van der Waals surface area contributed by atoms with Gasteiger partial charge in [0.2, 0.25) is 0 Å². The van der Waals surface area contributed by atoms with E-state index in [0.717, 1.165) is 36.6 Å². The first-order chi connectivity index (χ1) is 8.74. The van der Waals surface area contributed by atoms with E-state index in [1.807, 2.05) is 17.8 Å². The Bertz CT molecular complexity index is 397. The van der Waals surface area contributed by atoms with Crippen molar-refractivity contribution in [2.75, 3.05) is 25.9 Å². The summed E-state index contributed by atoms with van der Waals surface area (Å²) in [5.41, 5.74) is 7.03. The Kier molecular flexibility index (Phi) is 4.92. The van der Waals surface area contributed by atoms with Gasteiger partial charge in [0.1, 0.15) is 11.9 Å². The molecule has 0 amide bonds. The van der Waals surface area contributed by atoms with Gasteiger partial charge in [-0.25, -0.2) is 0 Å². The average Bonchev–Trinajstić information content (AvgIpc) is 2.76. The molecule has 1 unspecified atom stereocenters. The summed E-state index contributed by atoms with van der Waals surface area (Å²) in [5, 5.41) is 0. The Morgan fingerprint density at radius 3 is 2.94 bits per heavy atom. The van der Waals surface area contributed by atoms with Crippen molar-refractivity contribution in [2.45, 2.75) is 30.9 Å². The quantitative estimate of drug-likeness (QED) is 0.830. The first-order valence-corrected chi connectivity index (χ1v) is 7.53. The second-order valence-corrected chi connectivity index (χ2v) is 5.97. The first kappa shape index (κ1) is 13.7. The zero-order valence-corrected chi connectivity index (χ0v) is 12.0. The monoisotopic (exact) mass is 266 g/mol. The molecule has 0 aromatic heterocycles. The summed E-state index contributed by atoms with van der Waals surface area (Å²) in [6.07, 6.45) is 1.41. The molecule has 1 aromatic rings. The van der Waals surface area contributed by atoms with E-state index in [0.29, 0.717) is 12.6 Å². The molecule has 1 saturated heterocycles. The van der Waals surface area contributed by atoms with E-state index in [-0.39, 0.29) is 0 Å². The van der Waals surface area contributed by atoms with Crippen molar-refractivity contribution in [3.8, 4) is 5.75 Å². The first-order valence-electron chi connectivity index (χ1n) is 6.54. The van der Waals surface area contributed by atoms with Crippen molar-refractivity contribution in [1.82, 2.24) is 4.90 Å². The number of likely N-dealkylation sites (N-methyl/N-ethyl adjacent to an activating group) is 1. The lowest BCUT2D eigenvalue weighted by atomic mass is 10.2.